The molecule has 0 unspecified atom stereocenters. The Hall–Kier alpha value is -3.19. The van der Waals surface area contributed by atoms with E-state index >= 15 is 0 Å². The molecule has 0 radical (unpaired) electrons. The molecule has 2 aromatic carbocycles. The van der Waals surface area contributed by atoms with E-state index in [0.717, 1.165) is 23.1 Å². The number of benzene rings is 2. The van der Waals surface area contributed by atoms with Crippen LogP contribution in [0, 0.1) is 17.8 Å². The van der Waals surface area contributed by atoms with E-state index < -0.39 is 22.4 Å². The number of methoxy groups -OCH3 is 1. The summed E-state index contributed by atoms with van der Waals surface area (Å²) < 4.78 is 5.30. The summed E-state index contributed by atoms with van der Waals surface area (Å²) in [7, 11) is 1.60. The fourth-order valence-corrected chi connectivity index (χ4v) is 5.40. The summed E-state index contributed by atoms with van der Waals surface area (Å²) in [5, 5.41) is 3.30. The zero-order valence-corrected chi connectivity index (χ0v) is 22.9. The first-order valence-electron chi connectivity index (χ1n) is 11.8. The molecule has 0 amide bonds. The maximum absolute atomic E-state index is 13.9. The molecule has 0 atom stereocenters. The van der Waals surface area contributed by atoms with E-state index in [9.17, 15) is 19.2 Å². The lowest BCUT2D eigenvalue weighted by molar-refractivity contribution is -0.142. The van der Waals surface area contributed by atoms with Gasteiger partial charge in [-0.2, -0.15) is 0 Å². The zero-order valence-electron chi connectivity index (χ0n) is 22.1. The molecule has 0 aromatic heterocycles. The number of nitrogens with one attached hydrogen (secondary N) is 1. The number of carbonyl (C=O) groups is 4. The van der Waals surface area contributed by atoms with Crippen molar-refractivity contribution in [2.24, 2.45) is 10.8 Å². The van der Waals surface area contributed by atoms with E-state index in [4.69, 9.17) is 4.74 Å². The van der Waals surface area contributed by atoms with Crippen LogP contribution in [0.4, 0.5) is 5.69 Å². The van der Waals surface area contributed by atoms with Gasteiger partial charge in [-0.15, -0.1) is 0 Å². The van der Waals surface area contributed by atoms with Crippen molar-refractivity contribution in [1.82, 2.24) is 0 Å². The Balaban J connectivity index is 2.10. The third-order valence-electron chi connectivity index (χ3n) is 7.00. The minimum atomic E-state index is -1.29. The van der Waals surface area contributed by atoms with Crippen molar-refractivity contribution in [3.05, 3.63) is 64.2 Å². The zero-order chi connectivity index (χ0) is 27.0. The normalized spacial score (nSPS) is 16.7. The minimum absolute atomic E-state index is 0.0680. The fraction of sp³-hybridized carbons (Fsp3) is 0.379. The van der Waals surface area contributed by atoms with Crippen molar-refractivity contribution in [2.75, 3.05) is 12.4 Å². The highest BCUT2D eigenvalue weighted by atomic mass is 32.2. The van der Waals surface area contributed by atoms with Crippen LogP contribution in [0.25, 0.3) is 0 Å². The Morgan fingerprint density at radius 2 is 1.67 bits per heavy atom. The van der Waals surface area contributed by atoms with Gasteiger partial charge >= 0.3 is 0 Å². The topological polar surface area (TPSA) is 89.5 Å². The average molecular weight is 508 g/mol. The Kier molecular flexibility index (Phi) is 7.65. The molecule has 0 bridgehead atoms. The summed E-state index contributed by atoms with van der Waals surface area (Å²) >= 11 is 1.08. The number of Topliss-reactive ketones (excluding diaryl/α,β-unsaturated/α-hetero) is 3. The van der Waals surface area contributed by atoms with Gasteiger partial charge in [0.05, 0.1) is 23.8 Å². The van der Waals surface area contributed by atoms with Crippen LogP contribution in [0.15, 0.2) is 52.4 Å². The van der Waals surface area contributed by atoms with Gasteiger partial charge in [0.2, 0.25) is 0 Å². The van der Waals surface area contributed by atoms with E-state index in [1.54, 1.807) is 60.8 Å². The molecule has 0 spiro atoms. The van der Waals surface area contributed by atoms with Gasteiger partial charge in [-0.25, -0.2) is 0 Å². The van der Waals surface area contributed by atoms with E-state index in [-0.39, 0.29) is 16.5 Å². The summed E-state index contributed by atoms with van der Waals surface area (Å²) in [4.78, 5) is 52.9. The third kappa shape index (κ3) is 4.89. The molecule has 36 heavy (non-hydrogen) atoms. The number of hydrogen-bond donors (Lipinski definition) is 1. The lowest BCUT2D eigenvalue weighted by Crippen LogP contribution is -2.49. The highest BCUT2D eigenvalue weighted by Gasteiger charge is 2.52. The van der Waals surface area contributed by atoms with Crippen LogP contribution in [0.3, 0.4) is 0 Å². The van der Waals surface area contributed by atoms with Gasteiger partial charge < -0.3 is 10.1 Å². The molecule has 1 aliphatic carbocycles. The predicted molar refractivity (Wildman–Crippen MR) is 143 cm³/mol. The Labute approximate surface area is 216 Å². The number of anilines is 1. The summed E-state index contributed by atoms with van der Waals surface area (Å²) in [6.45, 7) is 12.1. The molecule has 0 aliphatic heterocycles. The standard InChI is InChI=1S/C29H33NO5S/c1-16-21(25(32)23-17(2)28(4,5)27(34)29(6,7)26(23)33)12-13-22(36-18(3)31)24(16)30-15-19-10-9-11-20(14-19)35-8/h9-14,30H,15H2,1-8H3. The molecule has 3 rings (SSSR count). The molecule has 2 aromatic rings. The van der Waals surface area contributed by atoms with Crippen LogP contribution >= 0.6 is 11.8 Å². The molecule has 1 aliphatic rings. The lowest BCUT2D eigenvalue weighted by Gasteiger charge is -2.39. The molecule has 0 fully saturated rings. The molecule has 190 valence electrons. The SMILES string of the molecule is COc1cccc(CNc2c(SC(C)=O)ccc(C(=O)C3=C(C)C(C)(C)C(=O)C(C)(C)C3=O)c2C)c1. The van der Waals surface area contributed by atoms with E-state index in [1.165, 1.54) is 6.92 Å². The van der Waals surface area contributed by atoms with Crippen LogP contribution in [-0.4, -0.2) is 29.6 Å². The van der Waals surface area contributed by atoms with Crippen LogP contribution in [0.1, 0.15) is 63.0 Å². The van der Waals surface area contributed by atoms with Crippen molar-refractivity contribution >= 4 is 39.9 Å². The van der Waals surface area contributed by atoms with E-state index in [2.05, 4.69) is 5.32 Å². The Bertz CT molecular complexity index is 1300. The van der Waals surface area contributed by atoms with Gasteiger partial charge in [0.25, 0.3) is 0 Å². The number of allylic oxidation sites excluding steroid dienone is 2. The third-order valence-corrected chi connectivity index (χ3v) is 7.85. The summed E-state index contributed by atoms with van der Waals surface area (Å²) in [6, 6.07) is 11.0. The summed E-state index contributed by atoms with van der Waals surface area (Å²) in [5.41, 5.74) is 0.933. The van der Waals surface area contributed by atoms with Crippen molar-refractivity contribution in [1.29, 1.82) is 0 Å². The second-order valence-electron chi connectivity index (χ2n) is 10.1. The second-order valence-corrected chi connectivity index (χ2v) is 11.4. The van der Waals surface area contributed by atoms with Crippen LogP contribution in [-0.2, 0) is 20.9 Å². The average Bonchev–Trinajstić information content (AvgIpc) is 2.82. The first-order chi connectivity index (χ1) is 16.7. The predicted octanol–water partition coefficient (Wildman–Crippen LogP) is 5.96. The summed E-state index contributed by atoms with van der Waals surface area (Å²) in [6.07, 6.45) is 0. The van der Waals surface area contributed by atoms with Crippen LogP contribution in [0.5, 0.6) is 5.75 Å². The van der Waals surface area contributed by atoms with Gasteiger partial charge in [-0.3, -0.25) is 19.2 Å². The van der Waals surface area contributed by atoms with Gasteiger partial charge in [0, 0.05) is 29.3 Å². The lowest BCUT2D eigenvalue weighted by atomic mass is 9.60. The maximum atomic E-state index is 13.9. The summed E-state index contributed by atoms with van der Waals surface area (Å²) in [5.74, 6) is -0.333. The molecule has 0 saturated carbocycles. The minimum Gasteiger partial charge on any atom is -0.497 e. The first-order valence-corrected chi connectivity index (χ1v) is 12.6. The molecule has 7 heteroatoms. The highest BCUT2D eigenvalue weighted by Crippen LogP contribution is 2.45. The second kappa shape index (κ2) is 10.1. The quantitative estimate of drug-likeness (QED) is 0.214. The van der Waals surface area contributed by atoms with Crippen molar-refractivity contribution < 1.29 is 23.9 Å². The number of ketones is 3. The number of hydrogen-bond acceptors (Lipinski definition) is 7. The highest BCUT2D eigenvalue weighted by molar-refractivity contribution is 8.13. The molecule has 0 saturated heterocycles. The Morgan fingerprint density at radius 3 is 2.28 bits per heavy atom. The van der Waals surface area contributed by atoms with E-state index in [0.29, 0.717) is 33.8 Å². The number of ether oxygens (including phenoxy) is 1. The van der Waals surface area contributed by atoms with Crippen LogP contribution in [0.2, 0.25) is 0 Å². The van der Waals surface area contributed by atoms with E-state index in [1.807, 2.05) is 24.3 Å². The molecular weight excluding hydrogens is 474 g/mol. The molecular formula is C29H33NO5S. The van der Waals surface area contributed by atoms with Gasteiger partial charge in [0.15, 0.2) is 22.5 Å². The molecule has 6 nitrogen and oxygen atoms in total. The largest absolute Gasteiger partial charge is 0.497 e. The van der Waals surface area contributed by atoms with Crippen molar-refractivity contribution in [3.63, 3.8) is 0 Å². The van der Waals surface area contributed by atoms with Crippen molar-refractivity contribution in [3.8, 4) is 5.75 Å². The Morgan fingerprint density at radius 1 is 1.00 bits per heavy atom. The maximum Gasteiger partial charge on any atom is 0.196 e. The fourth-order valence-electron chi connectivity index (χ4n) is 4.62. The number of thioether (sulfide) groups is 1. The van der Waals surface area contributed by atoms with Gasteiger partial charge in [-0.05, 0) is 82.5 Å². The monoisotopic (exact) mass is 507 g/mol. The number of carbonyl (C=O) groups excluding carboxylic acids is 4. The van der Waals surface area contributed by atoms with Gasteiger partial charge in [0.1, 0.15) is 5.75 Å². The van der Waals surface area contributed by atoms with Crippen LogP contribution < -0.4 is 10.1 Å². The van der Waals surface area contributed by atoms with Crippen molar-refractivity contribution in [2.45, 2.75) is 59.9 Å². The first kappa shape index (κ1) is 27.4. The molecule has 1 N–H and O–H groups in total. The van der Waals surface area contributed by atoms with Gasteiger partial charge in [-0.1, -0.05) is 23.9 Å². The smallest absolute Gasteiger partial charge is 0.196 e. The molecule has 0 heterocycles. The number of rotatable bonds is 7.